The molecule has 1 fully saturated rings. The summed E-state index contributed by atoms with van der Waals surface area (Å²) in [6, 6.07) is 0.307. The summed E-state index contributed by atoms with van der Waals surface area (Å²) in [5, 5.41) is 18.3. The maximum Gasteiger partial charge on any atom is 0.163 e. The number of aliphatic hydroxyl groups is 1. The molecule has 1 aliphatic heterocycles. The van der Waals surface area contributed by atoms with Gasteiger partial charge in [0.25, 0.3) is 0 Å². The van der Waals surface area contributed by atoms with Gasteiger partial charge in [-0.25, -0.2) is 9.97 Å². The number of hydrogen-bond donors (Lipinski definition) is 2. The molecule has 1 atom stereocenters. The maximum atomic E-state index is 9.46. The van der Waals surface area contributed by atoms with Crippen molar-refractivity contribution in [2.24, 2.45) is 7.05 Å². The largest absolute Gasteiger partial charge is 0.395 e. The zero-order chi connectivity index (χ0) is 15.5. The van der Waals surface area contributed by atoms with Crippen LogP contribution in [0.3, 0.4) is 0 Å². The van der Waals surface area contributed by atoms with Crippen molar-refractivity contribution in [2.75, 3.05) is 31.6 Å². The third-order valence-corrected chi connectivity index (χ3v) is 4.45. The van der Waals surface area contributed by atoms with Crippen molar-refractivity contribution in [3.63, 3.8) is 0 Å². The summed E-state index contributed by atoms with van der Waals surface area (Å²) in [6.07, 6.45) is 5.10. The molecule has 0 radical (unpaired) electrons. The van der Waals surface area contributed by atoms with E-state index in [-0.39, 0.29) is 6.61 Å². The fourth-order valence-electron chi connectivity index (χ4n) is 3.29. The number of piperidine rings is 1. The highest BCUT2D eigenvalue weighted by atomic mass is 16.3. The number of nitrogens with one attached hydrogen (secondary N) is 1. The minimum atomic E-state index is 0.249. The van der Waals surface area contributed by atoms with Crippen molar-refractivity contribution in [2.45, 2.75) is 32.2 Å². The van der Waals surface area contributed by atoms with Crippen LogP contribution in [-0.2, 0) is 7.05 Å². The Morgan fingerprint density at radius 2 is 2.23 bits per heavy atom. The van der Waals surface area contributed by atoms with Crippen molar-refractivity contribution < 1.29 is 5.11 Å². The highest BCUT2D eigenvalue weighted by Crippen LogP contribution is 2.22. The molecule has 0 aromatic carbocycles. The SMILES string of the molecule is Cc1nn(C)c2ncnc(NCCN3CCCCC3CO)c12. The molecule has 2 N–H and O–H groups in total. The van der Waals surface area contributed by atoms with Gasteiger partial charge in [0.2, 0.25) is 0 Å². The first-order valence-electron chi connectivity index (χ1n) is 7.93. The highest BCUT2D eigenvalue weighted by Gasteiger charge is 2.21. The molecule has 2 aromatic heterocycles. The van der Waals surface area contributed by atoms with E-state index in [9.17, 15) is 5.11 Å². The van der Waals surface area contributed by atoms with Gasteiger partial charge in [0.1, 0.15) is 12.1 Å². The first-order chi connectivity index (χ1) is 10.7. The second-order valence-corrected chi connectivity index (χ2v) is 5.92. The number of nitrogens with zero attached hydrogens (tertiary/aromatic N) is 5. The molecule has 3 rings (SSSR count). The van der Waals surface area contributed by atoms with Crippen LogP contribution in [0.15, 0.2) is 6.33 Å². The molecule has 1 unspecified atom stereocenters. The maximum absolute atomic E-state index is 9.46. The molecule has 0 aliphatic carbocycles. The lowest BCUT2D eigenvalue weighted by Crippen LogP contribution is -2.44. The molecule has 0 bridgehead atoms. The van der Waals surface area contributed by atoms with Gasteiger partial charge < -0.3 is 10.4 Å². The van der Waals surface area contributed by atoms with Crippen molar-refractivity contribution in [1.29, 1.82) is 0 Å². The number of aromatic nitrogens is 4. The number of fused-ring (bicyclic) bond motifs is 1. The lowest BCUT2D eigenvalue weighted by Gasteiger charge is -2.34. The Morgan fingerprint density at radius 3 is 3.05 bits per heavy atom. The Bertz CT molecular complexity index is 640. The van der Waals surface area contributed by atoms with Crippen LogP contribution in [0, 0.1) is 6.92 Å². The molecule has 120 valence electrons. The number of anilines is 1. The number of likely N-dealkylation sites (tertiary alicyclic amines) is 1. The van der Waals surface area contributed by atoms with Gasteiger partial charge in [-0.05, 0) is 26.3 Å². The van der Waals surface area contributed by atoms with Crippen molar-refractivity contribution in [1.82, 2.24) is 24.6 Å². The van der Waals surface area contributed by atoms with Gasteiger partial charge in [0, 0.05) is 26.2 Å². The molecule has 0 saturated carbocycles. The minimum absolute atomic E-state index is 0.249. The predicted octanol–water partition coefficient (Wildman–Crippen LogP) is 0.930. The van der Waals surface area contributed by atoms with E-state index in [0.29, 0.717) is 6.04 Å². The van der Waals surface area contributed by atoms with Crippen LogP contribution in [-0.4, -0.2) is 62.0 Å². The summed E-state index contributed by atoms with van der Waals surface area (Å²) in [5.41, 5.74) is 1.79. The predicted molar refractivity (Wildman–Crippen MR) is 85.8 cm³/mol. The van der Waals surface area contributed by atoms with Gasteiger partial charge in [0.05, 0.1) is 17.7 Å². The van der Waals surface area contributed by atoms with E-state index >= 15 is 0 Å². The van der Waals surface area contributed by atoms with Crippen LogP contribution >= 0.6 is 0 Å². The normalized spacial score (nSPS) is 19.7. The Morgan fingerprint density at radius 1 is 1.36 bits per heavy atom. The van der Waals surface area contributed by atoms with Crippen LogP contribution in [0.4, 0.5) is 5.82 Å². The standard InChI is InChI=1S/C15H24N6O/c1-11-13-14(17-10-18-15(13)20(2)19-11)16-6-8-21-7-4-3-5-12(21)9-22/h10,12,22H,3-9H2,1-2H3,(H,16,17,18). The van der Waals surface area contributed by atoms with E-state index < -0.39 is 0 Å². The van der Waals surface area contributed by atoms with E-state index in [1.54, 1.807) is 11.0 Å². The number of hydrogen-bond acceptors (Lipinski definition) is 6. The summed E-state index contributed by atoms with van der Waals surface area (Å²) in [4.78, 5) is 11.0. The fourth-order valence-corrected chi connectivity index (χ4v) is 3.29. The first kappa shape index (κ1) is 15.2. The van der Waals surface area contributed by atoms with Gasteiger partial charge in [-0.2, -0.15) is 5.10 Å². The number of aryl methyl sites for hydroxylation is 2. The Hall–Kier alpha value is -1.73. The lowest BCUT2D eigenvalue weighted by atomic mass is 10.0. The highest BCUT2D eigenvalue weighted by molar-refractivity contribution is 5.88. The summed E-state index contributed by atoms with van der Waals surface area (Å²) in [6.45, 7) is 5.01. The molecule has 2 aromatic rings. The molecular weight excluding hydrogens is 280 g/mol. The summed E-state index contributed by atoms with van der Waals surface area (Å²) < 4.78 is 1.78. The van der Waals surface area contributed by atoms with Gasteiger partial charge in [0.15, 0.2) is 5.65 Å². The minimum Gasteiger partial charge on any atom is -0.395 e. The average molecular weight is 304 g/mol. The van der Waals surface area contributed by atoms with Gasteiger partial charge in [-0.15, -0.1) is 0 Å². The molecule has 1 aliphatic rings. The number of aliphatic hydroxyl groups excluding tert-OH is 1. The molecular formula is C15H24N6O. The Balaban J connectivity index is 1.67. The van der Waals surface area contributed by atoms with E-state index in [2.05, 4.69) is 25.3 Å². The summed E-state index contributed by atoms with van der Waals surface area (Å²) in [7, 11) is 1.89. The quantitative estimate of drug-likeness (QED) is 0.855. The van der Waals surface area contributed by atoms with E-state index in [0.717, 1.165) is 48.6 Å². The second kappa shape index (κ2) is 6.58. The van der Waals surface area contributed by atoms with Crippen LogP contribution in [0.1, 0.15) is 25.0 Å². The molecule has 0 amide bonds. The lowest BCUT2D eigenvalue weighted by molar-refractivity contribution is 0.0940. The first-order valence-corrected chi connectivity index (χ1v) is 7.93. The average Bonchev–Trinajstić information content (AvgIpc) is 2.83. The van der Waals surface area contributed by atoms with E-state index in [4.69, 9.17) is 0 Å². The van der Waals surface area contributed by atoms with Crippen LogP contribution in [0.5, 0.6) is 0 Å². The van der Waals surface area contributed by atoms with Crippen molar-refractivity contribution in [3.8, 4) is 0 Å². The Kier molecular flexibility index (Phi) is 4.54. The molecule has 7 heteroatoms. The van der Waals surface area contributed by atoms with E-state index in [1.165, 1.54) is 12.8 Å². The Labute approximate surface area is 130 Å². The zero-order valence-corrected chi connectivity index (χ0v) is 13.3. The number of rotatable bonds is 5. The summed E-state index contributed by atoms with van der Waals surface area (Å²) in [5.74, 6) is 0.841. The molecule has 7 nitrogen and oxygen atoms in total. The monoisotopic (exact) mass is 304 g/mol. The van der Waals surface area contributed by atoms with Crippen LogP contribution in [0.2, 0.25) is 0 Å². The van der Waals surface area contributed by atoms with Crippen LogP contribution in [0.25, 0.3) is 11.0 Å². The van der Waals surface area contributed by atoms with Crippen molar-refractivity contribution >= 4 is 16.9 Å². The zero-order valence-electron chi connectivity index (χ0n) is 13.3. The smallest absolute Gasteiger partial charge is 0.163 e. The third-order valence-electron chi connectivity index (χ3n) is 4.45. The third kappa shape index (κ3) is 2.91. The molecule has 1 saturated heterocycles. The molecule has 22 heavy (non-hydrogen) atoms. The molecule has 3 heterocycles. The van der Waals surface area contributed by atoms with E-state index in [1.807, 2.05) is 14.0 Å². The topological polar surface area (TPSA) is 79.1 Å². The van der Waals surface area contributed by atoms with Crippen LogP contribution < -0.4 is 5.32 Å². The summed E-state index contributed by atoms with van der Waals surface area (Å²) >= 11 is 0. The van der Waals surface area contributed by atoms with Crippen molar-refractivity contribution in [3.05, 3.63) is 12.0 Å². The molecule has 0 spiro atoms. The van der Waals surface area contributed by atoms with Gasteiger partial charge in [-0.1, -0.05) is 6.42 Å². The van der Waals surface area contributed by atoms with Gasteiger partial charge >= 0.3 is 0 Å². The second-order valence-electron chi connectivity index (χ2n) is 5.92. The van der Waals surface area contributed by atoms with Gasteiger partial charge in [-0.3, -0.25) is 9.58 Å². The fraction of sp³-hybridized carbons (Fsp3) is 0.667.